The van der Waals surface area contributed by atoms with Crippen molar-refractivity contribution < 1.29 is 0 Å². The summed E-state index contributed by atoms with van der Waals surface area (Å²) in [7, 11) is 0. The molecule has 5 rings (SSSR count). The number of rotatable bonds is 0. The first-order valence-electron chi connectivity index (χ1n) is 7.42. The molecule has 0 bridgehead atoms. The first-order valence-corrected chi connectivity index (χ1v) is 8.57. The number of H-pyrrole nitrogens is 1. The molecule has 0 spiro atoms. The molecule has 0 saturated carbocycles. The molecule has 0 amide bonds. The van der Waals surface area contributed by atoms with Crippen molar-refractivity contribution in [3.05, 3.63) is 59.8 Å². The lowest BCUT2D eigenvalue weighted by molar-refractivity contribution is 0.262. The zero-order valence-corrected chi connectivity index (χ0v) is 12.5. The van der Waals surface area contributed by atoms with E-state index < -0.39 is 0 Å². The fourth-order valence-electron chi connectivity index (χ4n) is 3.76. The Labute approximate surface area is 128 Å². The second kappa shape index (κ2) is 4.39. The van der Waals surface area contributed by atoms with E-state index in [4.69, 9.17) is 0 Å². The maximum Gasteiger partial charge on any atom is 0.0472 e. The van der Waals surface area contributed by atoms with Gasteiger partial charge in [-0.15, -0.1) is 11.8 Å². The van der Waals surface area contributed by atoms with E-state index in [2.05, 4.69) is 58.5 Å². The topological polar surface area (TPSA) is 19.0 Å². The van der Waals surface area contributed by atoms with E-state index >= 15 is 0 Å². The fraction of sp³-hybridized carbons (Fsp3) is 0.222. The molecular weight excluding hydrogens is 276 g/mol. The Hall–Kier alpha value is -1.71. The van der Waals surface area contributed by atoms with Gasteiger partial charge in [0.2, 0.25) is 0 Å². The van der Waals surface area contributed by atoms with Crippen LogP contribution < -0.4 is 0 Å². The predicted molar refractivity (Wildman–Crippen MR) is 89.3 cm³/mol. The molecule has 1 fully saturated rings. The molecule has 2 aliphatic heterocycles. The molecule has 1 N–H and O–H groups in total. The van der Waals surface area contributed by atoms with Crippen molar-refractivity contribution in [2.24, 2.45) is 0 Å². The van der Waals surface area contributed by atoms with E-state index in [0.29, 0.717) is 6.04 Å². The lowest BCUT2D eigenvalue weighted by atomic mass is 9.91. The highest BCUT2D eigenvalue weighted by Gasteiger charge is 2.31. The lowest BCUT2D eigenvalue weighted by Crippen LogP contribution is -2.24. The first-order chi connectivity index (χ1) is 10.4. The van der Waals surface area contributed by atoms with Gasteiger partial charge in [0, 0.05) is 41.3 Å². The third-order valence-electron chi connectivity index (χ3n) is 4.75. The van der Waals surface area contributed by atoms with E-state index in [1.807, 2.05) is 11.8 Å². The van der Waals surface area contributed by atoms with Crippen molar-refractivity contribution in [3.63, 3.8) is 0 Å². The van der Waals surface area contributed by atoms with Crippen LogP contribution in [0.5, 0.6) is 0 Å². The maximum atomic E-state index is 3.48. The predicted octanol–water partition coefficient (Wildman–Crippen LogP) is 4.40. The molecule has 0 aliphatic carbocycles. The number of nitrogens with zero attached hydrogens (tertiary/aromatic N) is 1. The van der Waals surface area contributed by atoms with Crippen molar-refractivity contribution in [1.82, 2.24) is 9.88 Å². The van der Waals surface area contributed by atoms with Gasteiger partial charge in [-0.05, 0) is 28.3 Å². The zero-order chi connectivity index (χ0) is 13.8. The molecule has 2 aromatic carbocycles. The van der Waals surface area contributed by atoms with Crippen molar-refractivity contribution >= 4 is 22.7 Å². The third kappa shape index (κ3) is 1.65. The third-order valence-corrected chi connectivity index (χ3v) is 5.82. The monoisotopic (exact) mass is 292 g/mol. The second-order valence-electron chi connectivity index (χ2n) is 5.89. The standard InChI is InChI=1S/C18H16N2S/c1-2-5-13-12(4-1)9-20-11-21-10-17(20)15-8-19-16-7-3-6-14(13)18(15)16/h1-8,17,19H,9-11H2. The molecular formula is C18H16N2S. The highest BCUT2D eigenvalue weighted by atomic mass is 32.2. The molecule has 21 heavy (non-hydrogen) atoms. The zero-order valence-electron chi connectivity index (χ0n) is 11.7. The Kier molecular flexibility index (Phi) is 2.49. The van der Waals surface area contributed by atoms with E-state index in [-0.39, 0.29) is 0 Å². The SMILES string of the molecule is c1ccc2c(c1)CN1CSCC1c1c[nH]c3cccc-2c13. The van der Waals surface area contributed by atoms with Gasteiger partial charge in [-0.2, -0.15) is 0 Å². The second-order valence-corrected chi connectivity index (χ2v) is 6.89. The fourth-order valence-corrected chi connectivity index (χ4v) is 4.98. The molecule has 104 valence electrons. The summed E-state index contributed by atoms with van der Waals surface area (Å²) >= 11 is 2.05. The van der Waals surface area contributed by atoms with Crippen LogP contribution in [-0.4, -0.2) is 21.5 Å². The minimum atomic E-state index is 0.540. The molecule has 3 heteroatoms. The van der Waals surface area contributed by atoms with Crippen LogP contribution in [0.3, 0.4) is 0 Å². The summed E-state index contributed by atoms with van der Waals surface area (Å²) in [5, 5.41) is 1.42. The van der Waals surface area contributed by atoms with Crippen molar-refractivity contribution in [3.8, 4) is 11.1 Å². The number of hydrogen-bond acceptors (Lipinski definition) is 2. The minimum absolute atomic E-state index is 0.540. The minimum Gasteiger partial charge on any atom is -0.361 e. The Morgan fingerprint density at radius 3 is 2.95 bits per heavy atom. The van der Waals surface area contributed by atoms with Crippen LogP contribution in [0.15, 0.2) is 48.7 Å². The molecule has 1 aromatic heterocycles. The Morgan fingerprint density at radius 2 is 1.95 bits per heavy atom. The number of benzene rings is 2. The molecule has 0 radical (unpaired) electrons. The van der Waals surface area contributed by atoms with E-state index in [1.165, 1.54) is 38.9 Å². The molecule has 3 heterocycles. The summed E-state index contributed by atoms with van der Waals surface area (Å²) in [5.41, 5.74) is 6.95. The van der Waals surface area contributed by atoms with Gasteiger partial charge < -0.3 is 4.98 Å². The Morgan fingerprint density at radius 1 is 1.05 bits per heavy atom. The van der Waals surface area contributed by atoms with Gasteiger partial charge in [0.15, 0.2) is 0 Å². The lowest BCUT2D eigenvalue weighted by Gasteiger charge is -2.27. The number of aromatic nitrogens is 1. The molecule has 1 saturated heterocycles. The Balaban J connectivity index is 1.91. The average molecular weight is 292 g/mol. The molecule has 1 unspecified atom stereocenters. The summed E-state index contributed by atoms with van der Waals surface area (Å²) in [6.45, 7) is 1.05. The number of thioether (sulfide) groups is 1. The van der Waals surface area contributed by atoms with Gasteiger partial charge in [-0.1, -0.05) is 36.4 Å². The highest BCUT2D eigenvalue weighted by Crippen LogP contribution is 2.44. The summed E-state index contributed by atoms with van der Waals surface area (Å²) < 4.78 is 0. The van der Waals surface area contributed by atoms with Gasteiger partial charge in [0.1, 0.15) is 0 Å². The summed E-state index contributed by atoms with van der Waals surface area (Å²) in [5.74, 6) is 2.33. The molecule has 1 atom stereocenters. The number of aromatic amines is 1. The highest BCUT2D eigenvalue weighted by molar-refractivity contribution is 7.99. The Bertz CT molecular complexity index is 836. The first kappa shape index (κ1) is 11.9. The normalized spacial score (nSPS) is 20.9. The van der Waals surface area contributed by atoms with Crippen LogP contribution in [0.4, 0.5) is 0 Å². The smallest absolute Gasteiger partial charge is 0.0472 e. The summed E-state index contributed by atoms with van der Waals surface area (Å²) in [6, 6.07) is 16.0. The van der Waals surface area contributed by atoms with Crippen molar-refractivity contribution in [2.75, 3.05) is 11.6 Å². The van der Waals surface area contributed by atoms with Crippen LogP contribution in [0.25, 0.3) is 22.0 Å². The van der Waals surface area contributed by atoms with Gasteiger partial charge in [0.25, 0.3) is 0 Å². The number of nitrogens with one attached hydrogen (secondary N) is 1. The van der Waals surface area contributed by atoms with Crippen LogP contribution in [0.1, 0.15) is 17.2 Å². The quantitative estimate of drug-likeness (QED) is 0.662. The van der Waals surface area contributed by atoms with Gasteiger partial charge >= 0.3 is 0 Å². The van der Waals surface area contributed by atoms with Crippen LogP contribution in [0, 0.1) is 0 Å². The van der Waals surface area contributed by atoms with E-state index in [1.54, 1.807) is 0 Å². The van der Waals surface area contributed by atoms with Crippen LogP contribution in [-0.2, 0) is 6.54 Å². The summed E-state index contributed by atoms with van der Waals surface area (Å²) in [6.07, 6.45) is 2.23. The number of fused-ring (bicyclic) bond motifs is 4. The van der Waals surface area contributed by atoms with Crippen LogP contribution in [0.2, 0.25) is 0 Å². The van der Waals surface area contributed by atoms with Crippen molar-refractivity contribution in [2.45, 2.75) is 12.6 Å². The molecule has 3 aromatic rings. The largest absolute Gasteiger partial charge is 0.361 e. The van der Waals surface area contributed by atoms with Crippen molar-refractivity contribution in [1.29, 1.82) is 0 Å². The van der Waals surface area contributed by atoms with E-state index in [9.17, 15) is 0 Å². The van der Waals surface area contributed by atoms with Crippen LogP contribution >= 0.6 is 11.8 Å². The summed E-state index contributed by atoms with van der Waals surface area (Å²) in [4.78, 5) is 6.10. The van der Waals surface area contributed by atoms with Gasteiger partial charge in [-0.3, -0.25) is 4.90 Å². The maximum absolute atomic E-state index is 3.48. The molecule has 2 nitrogen and oxygen atoms in total. The van der Waals surface area contributed by atoms with Gasteiger partial charge in [-0.25, -0.2) is 0 Å². The average Bonchev–Trinajstić information content (AvgIpc) is 3.12. The molecule has 2 aliphatic rings. The van der Waals surface area contributed by atoms with E-state index in [0.717, 1.165) is 12.4 Å². The van der Waals surface area contributed by atoms with Gasteiger partial charge in [0.05, 0.1) is 0 Å². The number of hydrogen-bond donors (Lipinski definition) is 1.